The van der Waals surface area contributed by atoms with Gasteiger partial charge in [-0.25, -0.2) is 0 Å². The summed E-state index contributed by atoms with van der Waals surface area (Å²) in [4.78, 5) is 39.1. The van der Waals surface area contributed by atoms with Gasteiger partial charge in [-0.1, -0.05) is 0 Å². The molecule has 0 saturated carbocycles. The molecule has 7 nitrogen and oxygen atoms in total. The van der Waals surface area contributed by atoms with Crippen molar-refractivity contribution in [2.45, 2.75) is 38.3 Å². The van der Waals surface area contributed by atoms with Crippen LogP contribution in [0.4, 0.5) is 0 Å². The van der Waals surface area contributed by atoms with E-state index in [1.165, 1.54) is 0 Å². The quantitative estimate of drug-likeness (QED) is 0.826. The Labute approximate surface area is 147 Å². The van der Waals surface area contributed by atoms with Gasteiger partial charge in [0.1, 0.15) is 0 Å². The highest BCUT2D eigenvalue weighted by Crippen LogP contribution is 2.43. The van der Waals surface area contributed by atoms with Gasteiger partial charge in [-0.2, -0.15) is 0 Å². The predicted octanol–water partition coefficient (Wildman–Crippen LogP) is 1.13. The van der Waals surface area contributed by atoms with Gasteiger partial charge in [0.2, 0.25) is 5.91 Å². The number of aryl methyl sites for hydroxylation is 1. The van der Waals surface area contributed by atoms with Crippen LogP contribution in [0.3, 0.4) is 0 Å². The molecule has 0 aromatic carbocycles. The average molecular weight is 347 g/mol. The minimum Gasteiger partial charge on any atom is -0.481 e. The second-order valence-corrected chi connectivity index (χ2v) is 7.31. The molecule has 25 heavy (non-hydrogen) atoms. The molecule has 0 radical (unpaired) electrons. The number of piperidine rings is 1. The number of ketones is 1. The molecule has 2 fully saturated rings. The number of carbonyl (C=O) groups is 3. The number of carbonyl (C=O) groups excluding carboxylic acids is 2. The summed E-state index contributed by atoms with van der Waals surface area (Å²) in [5.74, 6) is -1.52. The van der Waals surface area contributed by atoms with Crippen LogP contribution in [0.2, 0.25) is 0 Å². The number of carboxylic acids is 1. The van der Waals surface area contributed by atoms with Gasteiger partial charge in [0.15, 0.2) is 5.78 Å². The largest absolute Gasteiger partial charge is 0.481 e. The molecule has 1 aromatic heterocycles. The monoisotopic (exact) mass is 347 g/mol. The molecule has 2 aliphatic heterocycles. The molecule has 3 rings (SSSR count). The summed E-state index contributed by atoms with van der Waals surface area (Å²) in [5, 5.41) is 9.53. The molecule has 1 amide bonds. The molecule has 1 N–H and O–H groups in total. The van der Waals surface area contributed by atoms with Gasteiger partial charge in [-0.05, 0) is 25.8 Å². The van der Waals surface area contributed by atoms with E-state index in [9.17, 15) is 19.5 Å². The molecule has 1 aromatic rings. The highest BCUT2D eigenvalue weighted by molar-refractivity contribution is 5.94. The molecule has 3 heterocycles. The first-order valence-electron chi connectivity index (χ1n) is 8.62. The first kappa shape index (κ1) is 17.7. The maximum absolute atomic E-state index is 12.1. The molecular formula is C18H25N3O4. The van der Waals surface area contributed by atoms with E-state index < -0.39 is 17.4 Å². The summed E-state index contributed by atoms with van der Waals surface area (Å²) >= 11 is 0. The van der Waals surface area contributed by atoms with Gasteiger partial charge in [0.05, 0.1) is 11.5 Å². The van der Waals surface area contributed by atoms with E-state index in [1.807, 2.05) is 23.9 Å². The van der Waals surface area contributed by atoms with Gasteiger partial charge in [-0.3, -0.25) is 19.3 Å². The Bertz CT molecular complexity index is 716. The summed E-state index contributed by atoms with van der Waals surface area (Å²) in [7, 11) is 3.66. The number of carboxylic acid groups (broad SMARTS) is 1. The summed E-state index contributed by atoms with van der Waals surface area (Å²) in [6, 6.07) is 1.91. The predicted molar refractivity (Wildman–Crippen MR) is 91.2 cm³/mol. The molecule has 2 saturated heterocycles. The van der Waals surface area contributed by atoms with Crippen molar-refractivity contribution in [1.82, 2.24) is 14.4 Å². The molecule has 1 spiro atoms. The van der Waals surface area contributed by atoms with Crippen molar-refractivity contribution in [1.29, 1.82) is 0 Å². The second kappa shape index (κ2) is 6.29. The van der Waals surface area contributed by atoms with Crippen molar-refractivity contribution < 1.29 is 19.5 Å². The Kier molecular flexibility index (Phi) is 4.45. The van der Waals surface area contributed by atoms with Gasteiger partial charge in [-0.15, -0.1) is 0 Å². The highest BCUT2D eigenvalue weighted by Gasteiger charge is 2.55. The molecule has 1 atom stereocenters. The number of nitrogens with zero attached hydrogens (tertiary/aromatic N) is 3. The second-order valence-electron chi connectivity index (χ2n) is 7.31. The smallest absolute Gasteiger partial charge is 0.309 e. The van der Waals surface area contributed by atoms with Crippen LogP contribution in [0.15, 0.2) is 12.3 Å². The standard InChI is InChI=1S/C18H25N3O4/c1-12(22)13-8-14(19(2)10-13)11-21-6-4-18(5-7-21)15(17(24)25)9-16(23)20(18)3/h8,10,15H,4-7,9,11H2,1-3H3,(H,24,25)/t15-/m1/s1. The number of likely N-dealkylation sites (tertiary alicyclic amines) is 2. The third-order valence-corrected chi connectivity index (χ3v) is 5.99. The zero-order chi connectivity index (χ0) is 18.4. The fourth-order valence-corrected chi connectivity index (χ4v) is 4.27. The number of aromatic nitrogens is 1. The maximum atomic E-state index is 12.1. The third kappa shape index (κ3) is 2.97. The zero-order valence-corrected chi connectivity index (χ0v) is 15.0. The SMILES string of the molecule is CC(=O)c1cc(CN2CCC3(CC2)[C@@H](C(=O)O)CC(=O)N3C)n(C)c1. The Morgan fingerprint density at radius 3 is 2.44 bits per heavy atom. The molecule has 7 heteroatoms. The number of hydrogen-bond acceptors (Lipinski definition) is 4. The molecule has 0 bridgehead atoms. The van der Waals surface area contributed by atoms with Crippen LogP contribution < -0.4 is 0 Å². The summed E-state index contributed by atoms with van der Waals surface area (Å²) < 4.78 is 1.96. The van der Waals surface area contributed by atoms with Crippen molar-refractivity contribution in [2.75, 3.05) is 20.1 Å². The highest BCUT2D eigenvalue weighted by atomic mass is 16.4. The Balaban J connectivity index is 1.70. The van der Waals surface area contributed by atoms with E-state index in [2.05, 4.69) is 4.90 Å². The first-order chi connectivity index (χ1) is 11.7. The molecule has 0 unspecified atom stereocenters. The lowest BCUT2D eigenvalue weighted by Crippen LogP contribution is -2.56. The van der Waals surface area contributed by atoms with E-state index in [0.717, 1.165) is 25.3 Å². The van der Waals surface area contributed by atoms with E-state index in [1.54, 1.807) is 18.9 Å². The third-order valence-electron chi connectivity index (χ3n) is 5.99. The van der Waals surface area contributed by atoms with Crippen LogP contribution in [-0.2, 0) is 23.2 Å². The molecule has 0 aliphatic carbocycles. The van der Waals surface area contributed by atoms with Crippen molar-refractivity contribution in [2.24, 2.45) is 13.0 Å². The van der Waals surface area contributed by atoms with Gasteiger partial charge >= 0.3 is 5.97 Å². The zero-order valence-electron chi connectivity index (χ0n) is 15.0. The van der Waals surface area contributed by atoms with Crippen LogP contribution in [0.25, 0.3) is 0 Å². The van der Waals surface area contributed by atoms with Gasteiger partial charge in [0.25, 0.3) is 0 Å². The topological polar surface area (TPSA) is 82.8 Å². The van der Waals surface area contributed by atoms with Crippen molar-refractivity contribution in [3.05, 3.63) is 23.5 Å². The minimum absolute atomic E-state index is 0.0508. The molecule has 136 valence electrons. The van der Waals surface area contributed by atoms with Crippen LogP contribution >= 0.6 is 0 Å². The fourth-order valence-electron chi connectivity index (χ4n) is 4.27. The Hall–Kier alpha value is -2.15. The number of rotatable bonds is 4. The Morgan fingerprint density at radius 1 is 1.28 bits per heavy atom. The van der Waals surface area contributed by atoms with Crippen molar-refractivity contribution in [3.63, 3.8) is 0 Å². The normalized spacial score (nSPS) is 23.4. The lowest BCUT2D eigenvalue weighted by atomic mass is 9.77. The van der Waals surface area contributed by atoms with Crippen LogP contribution in [0.5, 0.6) is 0 Å². The first-order valence-corrected chi connectivity index (χ1v) is 8.62. The maximum Gasteiger partial charge on any atom is 0.309 e. The van der Waals surface area contributed by atoms with Crippen LogP contribution in [-0.4, -0.2) is 62.8 Å². The number of hydrogen-bond donors (Lipinski definition) is 1. The van der Waals surface area contributed by atoms with Crippen LogP contribution in [0.1, 0.15) is 42.2 Å². The number of amides is 1. The van der Waals surface area contributed by atoms with E-state index in [0.29, 0.717) is 18.4 Å². The van der Waals surface area contributed by atoms with Gasteiger partial charge < -0.3 is 14.6 Å². The van der Waals surface area contributed by atoms with Crippen molar-refractivity contribution >= 4 is 17.7 Å². The van der Waals surface area contributed by atoms with E-state index in [-0.39, 0.29) is 18.1 Å². The van der Waals surface area contributed by atoms with E-state index in [4.69, 9.17) is 0 Å². The lowest BCUT2D eigenvalue weighted by molar-refractivity contribution is -0.146. The van der Waals surface area contributed by atoms with Gasteiger partial charge in [0, 0.05) is 57.6 Å². The summed E-state index contributed by atoms with van der Waals surface area (Å²) in [6.07, 6.45) is 3.27. The summed E-state index contributed by atoms with van der Waals surface area (Å²) in [5.41, 5.74) is 1.21. The van der Waals surface area contributed by atoms with Crippen molar-refractivity contribution in [3.8, 4) is 0 Å². The molecule has 2 aliphatic rings. The Morgan fingerprint density at radius 2 is 1.92 bits per heavy atom. The summed E-state index contributed by atoms with van der Waals surface area (Å²) in [6.45, 7) is 3.75. The lowest BCUT2D eigenvalue weighted by Gasteiger charge is -2.45. The van der Waals surface area contributed by atoms with E-state index >= 15 is 0 Å². The van der Waals surface area contributed by atoms with Crippen LogP contribution in [0, 0.1) is 5.92 Å². The average Bonchev–Trinajstić information content (AvgIpc) is 3.04. The molecular weight excluding hydrogens is 322 g/mol. The number of aliphatic carboxylic acids is 1. The number of Topliss-reactive ketones (excluding diaryl/α,β-unsaturated/α-hetero) is 1. The fraction of sp³-hybridized carbons (Fsp3) is 0.611. The minimum atomic E-state index is -0.875.